The third-order valence-corrected chi connectivity index (χ3v) is 4.71. The van der Waals surface area contributed by atoms with E-state index in [-0.39, 0.29) is 11.2 Å². The molecule has 5 heteroatoms. The van der Waals surface area contributed by atoms with Gasteiger partial charge in [-0.3, -0.25) is 4.79 Å². The molecule has 0 bridgehead atoms. The SMILES string of the molecule is CC(=O)SCC1CC2(C1)CN(C(=O)OC(C)(C)C)C2. The molecule has 0 aromatic carbocycles. The lowest BCUT2D eigenvalue weighted by atomic mass is 9.58. The number of amides is 1. The van der Waals surface area contributed by atoms with Crippen molar-refractivity contribution >= 4 is 23.0 Å². The molecule has 0 aromatic rings. The van der Waals surface area contributed by atoms with Crippen LogP contribution in [0.5, 0.6) is 0 Å². The Morgan fingerprint density at radius 3 is 2.37 bits per heavy atom. The summed E-state index contributed by atoms with van der Waals surface area (Å²) < 4.78 is 5.35. The van der Waals surface area contributed by atoms with Crippen LogP contribution in [0, 0.1) is 11.3 Å². The van der Waals surface area contributed by atoms with Gasteiger partial charge in [0.05, 0.1) is 0 Å². The van der Waals surface area contributed by atoms with Gasteiger partial charge in [0, 0.05) is 31.2 Å². The average Bonchev–Trinajstić information content (AvgIpc) is 2.08. The standard InChI is InChI=1S/C14H23NO3S/c1-10(16)19-7-11-5-14(6-11)8-15(9-14)12(17)18-13(2,3)4/h11H,5-9H2,1-4H3. The lowest BCUT2D eigenvalue weighted by Crippen LogP contribution is -2.64. The summed E-state index contributed by atoms with van der Waals surface area (Å²) in [6, 6.07) is 0. The summed E-state index contributed by atoms with van der Waals surface area (Å²) in [5, 5.41) is 0.199. The molecule has 1 aliphatic heterocycles. The van der Waals surface area contributed by atoms with Crippen LogP contribution in [0.4, 0.5) is 4.79 Å². The fraction of sp³-hybridized carbons (Fsp3) is 0.857. The largest absolute Gasteiger partial charge is 0.444 e. The fourth-order valence-electron chi connectivity index (χ4n) is 3.00. The van der Waals surface area contributed by atoms with Crippen molar-refractivity contribution < 1.29 is 14.3 Å². The molecule has 1 heterocycles. The molecule has 2 fully saturated rings. The molecule has 2 rings (SSSR count). The van der Waals surface area contributed by atoms with E-state index in [1.54, 1.807) is 11.8 Å². The Labute approximate surface area is 119 Å². The molecule has 1 saturated heterocycles. The topological polar surface area (TPSA) is 46.6 Å². The van der Waals surface area contributed by atoms with Gasteiger partial charge in [0.15, 0.2) is 5.12 Å². The van der Waals surface area contributed by atoms with Gasteiger partial charge in [-0.2, -0.15) is 0 Å². The summed E-state index contributed by atoms with van der Waals surface area (Å²) in [6.45, 7) is 8.93. The van der Waals surface area contributed by atoms with Crippen molar-refractivity contribution in [1.82, 2.24) is 4.90 Å². The minimum Gasteiger partial charge on any atom is -0.444 e. The predicted molar refractivity (Wildman–Crippen MR) is 76.1 cm³/mol. The molecule has 108 valence electrons. The van der Waals surface area contributed by atoms with E-state index in [1.165, 1.54) is 11.8 Å². The van der Waals surface area contributed by atoms with Crippen molar-refractivity contribution in [2.45, 2.75) is 46.1 Å². The number of hydrogen-bond donors (Lipinski definition) is 0. The number of hydrogen-bond acceptors (Lipinski definition) is 4. The van der Waals surface area contributed by atoms with E-state index in [1.807, 2.05) is 20.8 Å². The minimum absolute atomic E-state index is 0.195. The molecular formula is C14H23NO3S. The zero-order valence-corrected chi connectivity index (χ0v) is 13.0. The highest BCUT2D eigenvalue weighted by molar-refractivity contribution is 8.13. The van der Waals surface area contributed by atoms with Crippen molar-refractivity contribution in [3.63, 3.8) is 0 Å². The molecule has 0 N–H and O–H groups in total. The van der Waals surface area contributed by atoms with Gasteiger partial charge >= 0.3 is 6.09 Å². The number of carbonyl (C=O) groups is 2. The van der Waals surface area contributed by atoms with Gasteiger partial charge in [0.25, 0.3) is 0 Å². The maximum absolute atomic E-state index is 11.8. The van der Waals surface area contributed by atoms with Crippen LogP contribution in [0.2, 0.25) is 0 Å². The summed E-state index contributed by atoms with van der Waals surface area (Å²) in [7, 11) is 0. The minimum atomic E-state index is -0.417. The van der Waals surface area contributed by atoms with Gasteiger partial charge in [0.2, 0.25) is 0 Å². The van der Waals surface area contributed by atoms with Crippen LogP contribution in [0.15, 0.2) is 0 Å². The Bertz CT molecular complexity index is 375. The van der Waals surface area contributed by atoms with Crippen molar-refractivity contribution in [2.24, 2.45) is 11.3 Å². The summed E-state index contributed by atoms with van der Waals surface area (Å²) in [4.78, 5) is 24.5. The maximum Gasteiger partial charge on any atom is 0.410 e. The third-order valence-electron chi connectivity index (χ3n) is 3.67. The maximum atomic E-state index is 11.8. The lowest BCUT2D eigenvalue weighted by Gasteiger charge is -2.58. The Balaban J connectivity index is 1.67. The van der Waals surface area contributed by atoms with Crippen molar-refractivity contribution in [3.05, 3.63) is 0 Å². The normalized spacial score (nSPS) is 21.8. The number of carbonyl (C=O) groups excluding carboxylic acids is 2. The fourth-order valence-corrected chi connectivity index (χ4v) is 3.70. The Kier molecular flexibility index (Phi) is 3.87. The number of rotatable bonds is 2. The second-order valence-electron chi connectivity index (χ2n) is 6.91. The molecule has 1 aliphatic carbocycles. The summed E-state index contributed by atoms with van der Waals surface area (Å²) in [5.41, 5.74) is -0.0843. The summed E-state index contributed by atoms with van der Waals surface area (Å²) in [5.74, 6) is 1.58. The van der Waals surface area contributed by atoms with E-state index in [2.05, 4.69) is 0 Å². The van der Waals surface area contributed by atoms with E-state index < -0.39 is 5.60 Å². The van der Waals surface area contributed by atoms with E-state index >= 15 is 0 Å². The Morgan fingerprint density at radius 1 is 1.32 bits per heavy atom. The number of likely N-dealkylation sites (tertiary alicyclic amines) is 1. The van der Waals surface area contributed by atoms with Crippen LogP contribution in [0.1, 0.15) is 40.5 Å². The van der Waals surface area contributed by atoms with Crippen molar-refractivity contribution in [1.29, 1.82) is 0 Å². The van der Waals surface area contributed by atoms with Gasteiger partial charge in [-0.25, -0.2) is 4.79 Å². The van der Waals surface area contributed by atoms with Gasteiger partial charge in [-0.1, -0.05) is 11.8 Å². The van der Waals surface area contributed by atoms with E-state index in [0.717, 1.165) is 31.7 Å². The Hall–Kier alpha value is -0.710. The number of ether oxygens (including phenoxy) is 1. The molecule has 0 atom stereocenters. The molecule has 4 nitrogen and oxygen atoms in total. The van der Waals surface area contributed by atoms with E-state index in [4.69, 9.17) is 4.74 Å². The van der Waals surface area contributed by atoms with Crippen LogP contribution >= 0.6 is 11.8 Å². The van der Waals surface area contributed by atoms with Crippen LogP contribution in [-0.2, 0) is 9.53 Å². The molecular weight excluding hydrogens is 262 g/mol. The predicted octanol–water partition coefficient (Wildman–Crippen LogP) is 2.91. The average molecular weight is 285 g/mol. The van der Waals surface area contributed by atoms with Crippen molar-refractivity contribution in [3.8, 4) is 0 Å². The zero-order valence-electron chi connectivity index (χ0n) is 12.2. The van der Waals surface area contributed by atoms with Gasteiger partial charge < -0.3 is 9.64 Å². The highest BCUT2D eigenvalue weighted by atomic mass is 32.2. The molecule has 0 aromatic heterocycles. The summed E-state index contributed by atoms with van der Waals surface area (Å²) >= 11 is 1.42. The van der Waals surface area contributed by atoms with Crippen LogP contribution in [0.25, 0.3) is 0 Å². The molecule has 1 saturated carbocycles. The van der Waals surface area contributed by atoms with Crippen LogP contribution in [0.3, 0.4) is 0 Å². The molecule has 1 spiro atoms. The van der Waals surface area contributed by atoms with E-state index in [9.17, 15) is 9.59 Å². The van der Waals surface area contributed by atoms with Crippen molar-refractivity contribution in [2.75, 3.05) is 18.8 Å². The third kappa shape index (κ3) is 3.65. The second kappa shape index (κ2) is 5.00. The lowest BCUT2D eigenvalue weighted by molar-refractivity contribution is -0.109. The Morgan fingerprint density at radius 2 is 1.89 bits per heavy atom. The highest BCUT2D eigenvalue weighted by Crippen LogP contribution is 2.52. The first kappa shape index (κ1) is 14.7. The first-order chi connectivity index (χ1) is 8.69. The smallest absolute Gasteiger partial charge is 0.410 e. The first-order valence-electron chi connectivity index (χ1n) is 6.80. The van der Waals surface area contributed by atoms with Gasteiger partial charge in [-0.05, 0) is 39.5 Å². The second-order valence-corrected chi connectivity index (χ2v) is 8.11. The molecule has 0 radical (unpaired) electrons. The molecule has 2 aliphatic rings. The van der Waals surface area contributed by atoms with Gasteiger partial charge in [0.1, 0.15) is 5.60 Å². The number of thioether (sulfide) groups is 1. The first-order valence-corrected chi connectivity index (χ1v) is 7.79. The highest BCUT2D eigenvalue weighted by Gasteiger charge is 2.54. The quantitative estimate of drug-likeness (QED) is 0.782. The zero-order chi connectivity index (χ0) is 14.3. The van der Waals surface area contributed by atoms with Crippen LogP contribution in [-0.4, -0.2) is 40.6 Å². The van der Waals surface area contributed by atoms with Gasteiger partial charge in [-0.15, -0.1) is 0 Å². The molecule has 0 unspecified atom stereocenters. The van der Waals surface area contributed by atoms with Crippen LogP contribution < -0.4 is 0 Å². The number of nitrogens with zero attached hydrogens (tertiary/aromatic N) is 1. The monoisotopic (exact) mass is 285 g/mol. The van der Waals surface area contributed by atoms with E-state index in [0.29, 0.717) is 11.3 Å². The summed E-state index contributed by atoms with van der Waals surface area (Å²) in [6.07, 6.45) is 2.10. The molecule has 1 amide bonds. The molecule has 19 heavy (non-hydrogen) atoms.